The Morgan fingerprint density at radius 2 is 2.00 bits per heavy atom. The Morgan fingerprint density at radius 1 is 1.16 bits per heavy atom. The van der Waals surface area contributed by atoms with E-state index in [-0.39, 0.29) is 0 Å². The Balaban J connectivity index is 1.61. The molecule has 2 aromatic rings. The summed E-state index contributed by atoms with van der Waals surface area (Å²) in [6, 6.07) is 14.3. The van der Waals surface area contributed by atoms with Crippen molar-refractivity contribution < 1.29 is 9.84 Å². The van der Waals surface area contributed by atoms with E-state index in [4.69, 9.17) is 4.74 Å². The van der Waals surface area contributed by atoms with Crippen molar-refractivity contribution in [2.45, 2.75) is 43.5 Å². The highest BCUT2D eigenvalue weighted by molar-refractivity contribution is 7.80. The standard InChI is InChI=1S/C21H27NO2S/c1-2-12-22(13-14-24-20-8-3-4-9-21(20)25)17-10-11-18-16(15-17)6-5-7-19(18)23/h3-9,17,23,25H,2,10-15H2,1H3. The van der Waals surface area contributed by atoms with Gasteiger partial charge in [0.05, 0.1) is 0 Å². The first-order chi connectivity index (χ1) is 12.2. The predicted octanol–water partition coefficient (Wildman–Crippen LogP) is 4.33. The number of nitrogens with zero attached hydrogens (tertiary/aromatic N) is 1. The highest BCUT2D eigenvalue weighted by atomic mass is 32.1. The summed E-state index contributed by atoms with van der Waals surface area (Å²) >= 11 is 4.44. The lowest BCUT2D eigenvalue weighted by atomic mass is 9.87. The predicted molar refractivity (Wildman–Crippen MR) is 105 cm³/mol. The summed E-state index contributed by atoms with van der Waals surface area (Å²) in [4.78, 5) is 3.42. The maximum atomic E-state index is 10.0. The van der Waals surface area contributed by atoms with Crippen molar-refractivity contribution >= 4 is 12.6 Å². The van der Waals surface area contributed by atoms with Crippen molar-refractivity contribution in [3.05, 3.63) is 53.6 Å². The van der Waals surface area contributed by atoms with Gasteiger partial charge in [-0.25, -0.2) is 0 Å². The number of aromatic hydroxyl groups is 1. The average Bonchev–Trinajstić information content (AvgIpc) is 2.62. The van der Waals surface area contributed by atoms with Gasteiger partial charge in [-0.2, -0.15) is 0 Å². The van der Waals surface area contributed by atoms with E-state index in [1.165, 1.54) is 5.56 Å². The van der Waals surface area contributed by atoms with Crippen molar-refractivity contribution in [3.63, 3.8) is 0 Å². The summed E-state index contributed by atoms with van der Waals surface area (Å²) < 4.78 is 5.93. The number of ether oxygens (including phenoxy) is 1. The number of phenols is 1. The van der Waals surface area contributed by atoms with Crippen LogP contribution in [0.2, 0.25) is 0 Å². The molecule has 1 aliphatic carbocycles. The van der Waals surface area contributed by atoms with Gasteiger partial charge in [0.2, 0.25) is 0 Å². The van der Waals surface area contributed by atoms with Crippen LogP contribution in [-0.2, 0) is 12.8 Å². The van der Waals surface area contributed by atoms with Crippen LogP contribution in [0.25, 0.3) is 0 Å². The molecule has 0 saturated heterocycles. The fourth-order valence-corrected chi connectivity index (χ4v) is 3.92. The van der Waals surface area contributed by atoms with E-state index >= 15 is 0 Å². The van der Waals surface area contributed by atoms with Gasteiger partial charge in [-0.05, 0) is 61.6 Å². The number of hydrogen-bond acceptors (Lipinski definition) is 4. The molecule has 0 spiro atoms. The molecule has 1 N–H and O–H groups in total. The third-order valence-electron chi connectivity index (χ3n) is 4.96. The first-order valence-electron chi connectivity index (χ1n) is 9.13. The van der Waals surface area contributed by atoms with Crippen molar-refractivity contribution in [3.8, 4) is 11.5 Å². The van der Waals surface area contributed by atoms with Gasteiger partial charge >= 0.3 is 0 Å². The largest absolute Gasteiger partial charge is 0.508 e. The topological polar surface area (TPSA) is 32.7 Å². The van der Waals surface area contributed by atoms with Crippen LogP contribution < -0.4 is 4.74 Å². The van der Waals surface area contributed by atoms with Gasteiger partial charge in [0, 0.05) is 17.5 Å². The summed E-state index contributed by atoms with van der Waals surface area (Å²) in [5, 5.41) is 10.0. The lowest BCUT2D eigenvalue weighted by Gasteiger charge is -2.35. The number of thiol groups is 1. The molecule has 1 unspecified atom stereocenters. The normalized spacial score (nSPS) is 16.7. The van der Waals surface area contributed by atoms with Crippen molar-refractivity contribution in [2.75, 3.05) is 19.7 Å². The number of phenolic OH excluding ortho intramolecular Hbond substituents is 1. The molecule has 0 amide bonds. The van der Waals surface area contributed by atoms with Crippen LogP contribution in [0.4, 0.5) is 0 Å². The number of benzene rings is 2. The number of rotatable bonds is 7. The Bertz CT molecular complexity index is 704. The molecule has 0 saturated carbocycles. The van der Waals surface area contributed by atoms with Gasteiger partial charge < -0.3 is 9.84 Å². The molecule has 1 atom stereocenters. The quantitative estimate of drug-likeness (QED) is 0.724. The summed E-state index contributed by atoms with van der Waals surface area (Å²) in [6.07, 6.45) is 4.18. The molecular formula is C21H27NO2S. The molecular weight excluding hydrogens is 330 g/mol. The Morgan fingerprint density at radius 3 is 2.80 bits per heavy atom. The minimum absolute atomic E-state index is 0.451. The first-order valence-corrected chi connectivity index (χ1v) is 9.58. The van der Waals surface area contributed by atoms with Crippen molar-refractivity contribution in [1.82, 2.24) is 4.90 Å². The maximum Gasteiger partial charge on any atom is 0.132 e. The smallest absolute Gasteiger partial charge is 0.132 e. The Kier molecular flexibility index (Phi) is 6.27. The molecule has 0 radical (unpaired) electrons. The van der Waals surface area contributed by atoms with Gasteiger partial charge in [0.1, 0.15) is 18.1 Å². The molecule has 1 aliphatic rings. The fourth-order valence-electron chi connectivity index (χ4n) is 3.70. The van der Waals surface area contributed by atoms with Crippen LogP contribution in [0.1, 0.15) is 30.9 Å². The molecule has 0 bridgehead atoms. The van der Waals surface area contributed by atoms with Gasteiger partial charge in [-0.3, -0.25) is 4.90 Å². The zero-order chi connectivity index (χ0) is 17.6. The highest BCUT2D eigenvalue weighted by Gasteiger charge is 2.25. The maximum absolute atomic E-state index is 10.0. The second-order valence-corrected chi connectivity index (χ2v) is 7.15. The van der Waals surface area contributed by atoms with Crippen LogP contribution in [-0.4, -0.2) is 35.7 Å². The van der Waals surface area contributed by atoms with Crippen LogP contribution in [0.5, 0.6) is 11.5 Å². The molecule has 2 aromatic carbocycles. The van der Waals surface area contributed by atoms with Gasteiger partial charge in [0.15, 0.2) is 0 Å². The fraction of sp³-hybridized carbons (Fsp3) is 0.429. The monoisotopic (exact) mass is 357 g/mol. The van der Waals surface area contributed by atoms with Crippen molar-refractivity contribution in [1.29, 1.82) is 0 Å². The molecule has 25 heavy (non-hydrogen) atoms. The van der Waals surface area contributed by atoms with Gasteiger partial charge in [-0.1, -0.05) is 31.2 Å². The van der Waals surface area contributed by atoms with Crippen molar-refractivity contribution in [2.24, 2.45) is 0 Å². The molecule has 3 nitrogen and oxygen atoms in total. The van der Waals surface area contributed by atoms with E-state index in [1.54, 1.807) is 6.07 Å². The molecule has 3 rings (SSSR count). The SMILES string of the molecule is CCCN(CCOc1ccccc1S)C1CCc2c(O)cccc2C1. The summed E-state index contributed by atoms with van der Waals surface area (Å²) in [6.45, 7) is 4.87. The van der Waals surface area contributed by atoms with Gasteiger partial charge in [-0.15, -0.1) is 12.6 Å². The number of para-hydroxylation sites is 1. The number of fused-ring (bicyclic) bond motifs is 1. The van der Waals surface area contributed by atoms with Gasteiger partial charge in [0.25, 0.3) is 0 Å². The third kappa shape index (κ3) is 4.50. The van der Waals surface area contributed by atoms with E-state index < -0.39 is 0 Å². The minimum Gasteiger partial charge on any atom is -0.508 e. The summed E-state index contributed by atoms with van der Waals surface area (Å²) in [7, 11) is 0. The minimum atomic E-state index is 0.451. The van der Waals surface area contributed by atoms with Crippen LogP contribution in [0.3, 0.4) is 0 Å². The molecule has 0 aliphatic heterocycles. The summed E-state index contributed by atoms with van der Waals surface area (Å²) in [5.74, 6) is 1.30. The molecule has 0 heterocycles. The lowest BCUT2D eigenvalue weighted by Crippen LogP contribution is -2.42. The van der Waals surface area contributed by atoms with Crippen LogP contribution in [0, 0.1) is 0 Å². The second kappa shape index (κ2) is 8.63. The highest BCUT2D eigenvalue weighted by Crippen LogP contribution is 2.30. The number of hydrogen-bond donors (Lipinski definition) is 2. The molecule has 0 fully saturated rings. The molecule has 134 valence electrons. The molecule has 0 aromatic heterocycles. The van der Waals surface area contributed by atoms with E-state index in [1.807, 2.05) is 30.3 Å². The molecule has 4 heteroatoms. The van der Waals surface area contributed by atoms with E-state index in [0.717, 1.165) is 55.0 Å². The Hall–Kier alpha value is -1.65. The lowest BCUT2D eigenvalue weighted by molar-refractivity contribution is 0.146. The zero-order valence-corrected chi connectivity index (χ0v) is 15.7. The summed E-state index contributed by atoms with van der Waals surface area (Å²) in [5.41, 5.74) is 2.43. The van der Waals surface area contributed by atoms with Crippen LogP contribution in [0.15, 0.2) is 47.4 Å². The first kappa shape index (κ1) is 18.2. The zero-order valence-electron chi connectivity index (χ0n) is 14.8. The second-order valence-electron chi connectivity index (χ2n) is 6.66. The van der Waals surface area contributed by atoms with E-state index in [9.17, 15) is 5.11 Å². The Labute approximate surface area is 156 Å². The van der Waals surface area contributed by atoms with E-state index in [2.05, 4.69) is 30.5 Å². The average molecular weight is 358 g/mol. The third-order valence-corrected chi connectivity index (χ3v) is 5.33. The van der Waals surface area contributed by atoms with Crippen LogP contribution >= 0.6 is 12.6 Å². The van der Waals surface area contributed by atoms with E-state index in [0.29, 0.717) is 18.4 Å².